The SMILES string of the molecule is COc1ccccc1CN1CC[C@H](N)C1.Cl. The highest BCUT2D eigenvalue weighted by molar-refractivity contribution is 5.85. The molecule has 0 aromatic heterocycles. The van der Waals surface area contributed by atoms with E-state index in [1.807, 2.05) is 18.2 Å². The van der Waals surface area contributed by atoms with Crippen LogP contribution in [0.3, 0.4) is 0 Å². The van der Waals surface area contributed by atoms with Crippen LogP contribution in [0.15, 0.2) is 24.3 Å². The monoisotopic (exact) mass is 242 g/mol. The van der Waals surface area contributed by atoms with Gasteiger partial charge in [-0.2, -0.15) is 0 Å². The molecule has 0 radical (unpaired) electrons. The summed E-state index contributed by atoms with van der Waals surface area (Å²) in [4.78, 5) is 2.38. The number of hydrogen-bond donors (Lipinski definition) is 1. The van der Waals surface area contributed by atoms with E-state index in [1.54, 1.807) is 7.11 Å². The predicted octanol–water partition coefficient (Wildman–Crippen LogP) is 1.65. The zero-order valence-corrected chi connectivity index (χ0v) is 10.4. The molecule has 2 rings (SSSR count). The topological polar surface area (TPSA) is 38.5 Å². The van der Waals surface area contributed by atoms with E-state index in [0.29, 0.717) is 6.04 Å². The second kappa shape index (κ2) is 6.09. The molecule has 1 aliphatic rings. The molecule has 0 spiro atoms. The smallest absolute Gasteiger partial charge is 0.123 e. The summed E-state index contributed by atoms with van der Waals surface area (Å²) in [5.74, 6) is 0.970. The van der Waals surface area contributed by atoms with E-state index < -0.39 is 0 Å². The lowest BCUT2D eigenvalue weighted by atomic mass is 10.2. The highest BCUT2D eigenvalue weighted by atomic mass is 35.5. The molecule has 4 heteroatoms. The molecule has 0 aliphatic carbocycles. The van der Waals surface area contributed by atoms with Gasteiger partial charge in [-0.3, -0.25) is 4.90 Å². The van der Waals surface area contributed by atoms with E-state index in [1.165, 1.54) is 5.56 Å². The fourth-order valence-corrected chi connectivity index (χ4v) is 2.08. The number of ether oxygens (including phenoxy) is 1. The molecule has 2 N–H and O–H groups in total. The van der Waals surface area contributed by atoms with Crippen LogP contribution in [0.25, 0.3) is 0 Å². The zero-order chi connectivity index (χ0) is 10.7. The van der Waals surface area contributed by atoms with Crippen LogP contribution in [0.4, 0.5) is 0 Å². The Morgan fingerprint density at radius 1 is 1.44 bits per heavy atom. The van der Waals surface area contributed by atoms with Crippen LogP contribution in [0, 0.1) is 0 Å². The number of methoxy groups -OCH3 is 1. The predicted molar refractivity (Wildman–Crippen MR) is 68.1 cm³/mol. The fourth-order valence-electron chi connectivity index (χ4n) is 2.08. The molecule has 16 heavy (non-hydrogen) atoms. The zero-order valence-electron chi connectivity index (χ0n) is 9.56. The largest absolute Gasteiger partial charge is 0.496 e. The summed E-state index contributed by atoms with van der Waals surface area (Å²) in [6.45, 7) is 3.04. The summed E-state index contributed by atoms with van der Waals surface area (Å²) in [6, 6.07) is 8.51. The maximum absolute atomic E-state index is 5.88. The van der Waals surface area contributed by atoms with Crippen molar-refractivity contribution in [1.29, 1.82) is 0 Å². The molecule has 1 aliphatic heterocycles. The molecular weight excluding hydrogens is 224 g/mol. The van der Waals surface area contributed by atoms with Crippen molar-refractivity contribution in [2.45, 2.75) is 19.0 Å². The number of likely N-dealkylation sites (tertiary alicyclic amines) is 1. The Balaban J connectivity index is 0.00000128. The normalized spacial score (nSPS) is 20.5. The molecule has 1 fully saturated rings. The Hall–Kier alpha value is -0.770. The Kier molecular flexibility index (Phi) is 5.06. The van der Waals surface area contributed by atoms with Gasteiger partial charge in [-0.25, -0.2) is 0 Å². The summed E-state index contributed by atoms with van der Waals surface area (Å²) >= 11 is 0. The molecule has 0 saturated carbocycles. The van der Waals surface area contributed by atoms with Gasteiger partial charge in [-0.05, 0) is 12.5 Å². The third kappa shape index (κ3) is 3.11. The van der Waals surface area contributed by atoms with Gasteiger partial charge in [0.05, 0.1) is 7.11 Å². The van der Waals surface area contributed by atoms with Gasteiger partial charge in [0.25, 0.3) is 0 Å². The number of benzene rings is 1. The molecule has 3 nitrogen and oxygen atoms in total. The summed E-state index contributed by atoms with van der Waals surface area (Å²) in [5, 5.41) is 0. The first-order valence-electron chi connectivity index (χ1n) is 5.39. The van der Waals surface area contributed by atoms with Gasteiger partial charge in [-0.1, -0.05) is 18.2 Å². The lowest BCUT2D eigenvalue weighted by Crippen LogP contribution is -2.26. The lowest BCUT2D eigenvalue weighted by molar-refractivity contribution is 0.317. The van der Waals surface area contributed by atoms with E-state index in [2.05, 4.69) is 11.0 Å². The molecule has 1 heterocycles. The van der Waals surface area contributed by atoms with Crippen molar-refractivity contribution in [1.82, 2.24) is 4.90 Å². The van der Waals surface area contributed by atoms with E-state index >= 15 is 0 Å². The maximum Gasteiger partial charge on any atom is 0.123 e. The van der Waals surface area contributed by atoms with E-state index in [0.717, 1.165) is 31.8 Å². The molecular formula is C12H19ClN2O. The van der Waals surface area contributed by atoms with Crippen LogP contribution in [-0.2, 0) is 6.54 Å². The Morgan fingerprint density at radius 3 is 2.81 bits per heavy atom. The molecule has 90 valence electrons. The van der Waals surface area contributed by atoms with E-state index in [-0.39, 0.29) is 12.4 Å². The quantitative estimate of drug-likeness (QED) is 0.876. The third-order valence-electron chi connectivity index (χ3n) is 2.90. The van der Waals surface area contributed by atoms with Crippen molar-refractivity contribution in [2.75, 3.05) is 20.2 Å². The summed E-state index contributed by atoms with van der Waals surface area (Å²) in [5.41, 5.74) is 7.12. The number of rotatable bonds is 3. The molecule has 1 aromatic rings. The van der Waals surface area contributed by atoms with Gasteiger partial charge in [-0.15, -0.1) is 12.4 Å². The average molecular weight is 243 g/mol. The van der Waals surface area contributed by atoms with Gasteiger partial charge in [0.15, 0.2) is 0 Å². The van der Waals surface area contributed by atoms with Gasteiger partial charge in [0.1, 0.15) is 5.75 Å². The number of para-hydroxylation sites is 1. The van der Waals surface area contributed by atoms with Crippen molar-refractivity contribution in [3.05, 3.63) is 29.8 Å². The van der Waals surface area contributed by atoms with Crippen LogP contribution in [0.2, 0.25) is 0 Å². The van der Waals surface area contributed by atoms with Crippen LogP contribution >= 0.6 is 12.4 Å². The number of nitrogens with zero attached hydrogens (tertiary/aromatic N) is 1. The molecule has 1 saturated heterocycles. The Labute approximate surface area is 103 Å². The number of hydrogen-bond acceptors (Lipinski definition) is 3. The van der Waals surface area contributed by atoms with Crippen LogP contribution in [0.1, 0.15) is 12.0 Å². The molecule has 0 bridgehead atoms. The highest BCUT2D eigenvalue weighted by Crippen LogP contribution is 2.20. The highest BCUT2D eigenvalue weighted by Gasteiger charge is 2.19. The van der Waals surface area contributed by atoms with Gasteiger partial charge >= 0.3 is 0 Å². The lowest BCUT2D eigenvalue weighted by Gasteiger charge is -2.16. The van der Waals surface area contributed by atoms with Crippen LogP contribution in [0.5, 0.6) is 5.75 Å². The molecule has 0 unspecified atom stereocenters. The van der Waals surface area contributed by atoms with E-state index in [9.17, 15) is 0 Å². The van der Waals surface area contributed by atoms with Crippen molar-refractivity contribution in [2.24, 2.45) is 5.73 Å². The minimum absolute atomic E-state index is 0. The summed E-state index contributed by atoms with van der Waals surface area (Å²) in [6.07, 6.45) is 1.11. The summed E-state index contributed by atoms with van der Waals surface area (Å²) < 4.78 is 5.32. The van der Waals surface area contributed by atoms with Gasteiger partial charge in [0, 0.05) is 31.2 Å². The van der Waals surface area contributed by atoms with E-state index in [4.69, 9.17) is 10.5 Å². The molecule has 1 aromatic carbocycles. The van der Waals surface area contributed by atoms with Crippen molar-refractivity contribution >= 4 is 12.4 Å². The first-order chi connectivity index (χ1) is 7.29. The number of nitrogens with two attached hydrogens (primary N) is 1. The molecule has 1 atom stereocenters. The summed E-state index contributed by atoms with van der Waals surface area (Å²) in [7, 11) is 1.72. The van der Waals surface area contributed by atoms with Crippen molar-refractivity contribution < 1.29 is 4.74 Å². The second-order valence-corrected chi connectivity index (χ2v) is 4.10. The Morgan fingerprint density at radius 2 is 2.19 bits per heavy atom. The average Bonchev–Trinajstić information content (AvgIpc) is 2.65. The molecule has 0 amide bonds. The second-order valence-electron chi connectivity index (χ2n) is 4.10. The van der Waals surface area contributed by atoms with Crippen LogP contribution in [-0.4, -0.2) is 31.1 Å². The number of halogens is 1. The standard InChI is InChI=1S/C12H18N2O.ClH/c1-15-12-5-3-2-4-10(12)8-14-7-6-11(13)9-14;/h2-5,11H,6-9,13H2,1H3;1H/t11-;/m0./s1. The minimum atomic E-state index is 0. The first kappa shape index (κ1) is 13.3. The first-order valence-corrected chi connectivity index (χ1v) is 5.39. The maximum atomic E-state index is 5.88. The minimum Gasteiger partial charge on any atom is -0.496 e. The Bertz CT molecular complexity index is 333. The van der Waals surface area contributed by atoms with Gasteiger partial charge in [0.2, 0.25) is 0 Å². The fraction of sp³-hybridized carbons (Fsp3) is 0.500. The van der Waals surface area contributed by atoms with Crippen LogP contribution < -0.4 is 10.5 Å². The van der Waals surface area contributed by atoms with Gasteiger partial charge < -0.3 is 10.5 Å². The third-order valence-corrected chi connectivity index (χ3v) is 2.90. The van der Waals surface area contributed by atoms with Crippen molar-refractivity contribution in [3.63, 3.8) is 0 Å². The van der Waals surface area contributed by atoms with Crippen molar-refractivity contribution in [3.8, 4) is 5.75 Å².